The van der Waals surface area contributed by atoms with E-state index in [0.29, 0.717) is 22.8 Å². The third-order valence-corrected chi connectivity index (χ3v) is 21.2. The fourth-order valence-corrected chi connectivity index (χ4v) is 15.3. The minimum atomic E-state index is -0.172. The molecular weight excluding hydrogens is 1740 g/mol. The van der Waals surface area contributed by atoms with Crippen LogP contribution in [0, 0.1) is 12.1 Å². The summed E-state index contributed by atoms with van der Waals surface area (Å²) >= 11 is 0. The van der Waals surface area contributed by atoms with Crippen LogP contribution in [-0.4, -0.2) is 39.3 Å². The Balaban J connectivity index is 0.000000168. The molecule has 0 aliphatic heterocycles. The van der Waals surface area contributed by atoms with E-state index in [-0.39, 0.29) is 69.9 Å². The molecule has 0 unspecified atom stereocenters. The van der Waals surface area contributed by atoms with Crippen LogP contribution in [0.2, 0.25) is 0 Å². The summed E-state index contributed by atoms with van der Waals surface area (Å²) in [5, 5.41) is 29.0. The topological polar surface area (TPSA) is 128 Å². The van der Waals surface area contributed by atoms with Crippen LogP contribution < -0.4 is 0 Å². The average Bonchev–Trinajstić information content (AvgIpc) is 1.60. The Hall–Kier alpha value is -12.1. The van der Waals surface area contributed by atoms with E-state index in [9.17, 15) is 10.2 Å². The summed E-state index contributed by atoms with van der Waals surface area (Å²) < 4.78 is 17.1. The Labute approximate surface area is 679 Å². The summed E-state index contributed by atoms with van der Waals surface area (Å²) in [5.41, 5.74) is 24.7. The Morgan fingerprint density at radius 2 is 0.768 bits per heavy atom. The van der Waals surface area contributed by atoms with Gasteiger partial charge in [-0.25, -0.2) is 9.97 Å². The number of phenols is 2. The van der Waals surface area contributed by atoms with Gasteiger partial charge < -0.3 is 19.0 Å². The fourth-order valence-electron chi connectivity index (χ4n) is 15.3. The van der Waals surface area contributed by atoms with Crippen molar-refractivity contribution in [1.29, 1.82) is 0 Å². The van der Waals surface area contributed by atoms with Gasteiger partial charge in [-0.15, -0.1) is 59.2 Å². The van der Waals surface area contributed by atoms with Crippen LogP contribution in [-0.2, 0) is 58.4 Å². The number of aromatic hydroxyl groups is 2. The van der Waals surface area contributed by atoms with Crippen LogP contribution in [0.15, 0.2) is 306 Å². The Kier molecular flexibility index (Phi) is 19.4. The average molecular weight is 1820 g/mol. The molecule has 0 saturated carbocycles. The number of nitrogens with zero attached hydrogens (tertiary/aromatic N) is 6. The minimum Gasteiger partial charge on any atom is -0.507 e. The van der Waals surface area contributed by atoms with Gasteiger partial charge in [0, 0.05) is 98.6 Å². The van der Waals surface area contributed by atoms with Crippen LogP contribution in [0.3, 0.4) is 0 Å². The van der Waals surface area contributed by atoms with Gasteiger partial charge in [-0.05, 0) is 134 Å². The molecule has 0 fully saturated rings. The number of pyridine rings is 2. The zero-order valence-corrected chi connectivity index (χ0v) is 67.9. The normalized spacial score (nSPS) is 11.9. The third kappa shape index (κ3) is 13.5. The maximum Gasteiger partial charge on any atom is 0.148 e. The summed E-state index contributed by atoms with van der Waals surface area (Å²) in [6.07, 6.45) is 3.82. The molecule has 6 aromatic heterocycles. The second-order valence-corrected chi connectivity index (χ2v) is 31.5. The van der Waals surface area contributed by atoms with Crippen LogP contribution in [0.1, 0.15) is 79.0 Å². The van der Waals surface area contributed by atoms with Gasteiger partial charge in [0.1, 0.15) is 45.5 Å². The molecule has 0 radical (unpaired) electrons. The quantitative estimate of drug-likeness (QED) is 0.130. The van der Waals surface area contributed by atoms with Crippen molar-refractivity contribution >= 4 is 76.7 Å². The molecule has 19 rings (SSSR count). The van der Waals surface area contributed by atoms with Crippen LogP contribution in [0.5, 0.6) is 11.5 Å². The minimum absolute atomic E-state index is 0. The maximum atomic E-state index is 11.4. The number of hydrogen-bond acceptors (Lipinski definition) is 8. The number of fused-ring (bicyclic) bond motifs is 10. The number of aromatic nitrogens is 6. The van der Waals surface area contributed by atoms with E-state index in [2.05, 4.69) is 260 Å². The molecule has 2 N–H and O–H groups in total. The third-order valence-electron chi connectivity index (χ3n) is 21.2. The van der Waals surface area contributed by atoms with Crippen LogP contribution in [0.4, 0.5) is 0 Å². The van der Waals surface area contributed by atoms with Crippen molar-refractivity contribution in [3.05, 3.63) is 326 Å². The smallest absolute Gasteiger partial charge is 0.148 e. The molecule has 554 valence electrons. The van der Waals surface area contributed by atoms with Gasteiger partial charge in [0.05, 0.1) is 44.6 Å². The van der Waals surface area contributed by atoms with Crippen molar-refractivity contribution in [2.24, 2.45) is 0 Å². The second kappa shape index (κ2) is 29.3. The molecule has 0 spiro atoms. The molecule has 0 atom stereocenters. The van der Waals surface area contributed by atoms with E-state index in [0.717, 1.165) is 155 Å². The summed E-state index contributed by atoms with van der Waals surface area (Å²) in [5.74, 6) is 1.65. The fraction of sp³-hybridized carbons (Fsp3) is 0.120. The summed E-state index contributed by atoms with van der Waals surface area (Å²) in [4.78, 5) is 20.6. The van der Waals surface area contributed by atoms with Gasteiger partial charge in [-0.3, -0.25) is 19.1 Å². The van der Waals surface area contributed by atoms with Crippen molar-refractivity contribution in [3.8, 4) is 113 Å². The van der Waals surface area contributed by atoms with E-state index in [1.807, 2.05) is 109 Å². The Morgan fingerprint density at radius 1 is 0.321 bits per heavy atom. The van der Waals surface area contributed by atoms with Crippen LogP contribution >= 0.6 is 0 Å². The van der Waals surface area contributed by atoms with Crippen molar-refractivity contribution < 1.29 is 61.2 Å². The molecule has 13 aromatic carbocycles. The zero-order chi connectivity index (χ0) is 75.3. The second-order valence-electron chi connectivity index (χ2n) is 31.5. The molecule has 0 aliphatic carbocycles. The van der Waals surface area contributed by atoms with E-state index >= 15 is 0 Å². The Bertz CT molecular complexity index is 6830. The number of phenolic OH excluding ortho intramolecular Hbond substituents is 2. The van der Waals surface area contributed by atoms with Crippen molar-refractivity contribution in [2.45, 2.75) is 78.6 Å². The van der Waals surface area contributed by atoms with E-state index in [1.165, 1.54) is 16.5 Å². The molecule has 0 amide bonds. The largest absolute Gasteiger partial charge is 0.507 e. The first kappa shape index (κ1) is 74.0. The molecule has 10 nitrogen and oxygen atoms in total. The number of hydrogen-bond donors (Lipinski definition) is 2. The molecule has 19 aromatic rings. The first-order valence-corrected chi connectivity index (χ1v) is 37.3. The molecular formula is C100H78N6O4Pt2-2. The molecule has 12 heteroatoms. The first-order chi connectivity index (χ1) is 53.2. The monoisotopic (exact) mass is 1820 g/mol. The molecule has 0 aliphatic rings. The van der Waals surface area contributed by atoms with E-state index in [1.54, 1.807) is 12.1 Å². The standard InChI is InChI=1S/C54H44N3O2.C46H34N3O2.2Pt/c1-53(2,3)37-24-25-45(42(30-37)33-15-8-7-9-16-33)57-46-21-14-20-40(51(46)56-52(57)41-19-12-13-22-47(41)58)35-27-36(29-38(28-35)54(4,5)6)44-31-49-43(32-55-44)50-39-18-11-10-17-34(39)23-26-48(50)59-49;1-46(2,3)32-23-24-39(36(26-32)29-13-5-4-6-14-29)49-40-20-12-19-33(44(40)48-45(49)35-18-7-9-21-41(35)50)30-15-11-16-31(25-30)38-27-43-37(28-47-38)34-17-8-10-22-42(34)51-43;;/h7-26,28-32,58H,1-6H3;4-24,26-28,50H,1-3H3;;/q2*-1;;. The SMILES string of the molecule is CC(C)(C)c1cc(-c2cc3oc4ccc5ccccc5c4c3cn2)[c-]c(-c2cccc3c2nc(-c2ccccc2O)n3-c2ccc(C(C)(C)C)cc2-c2ccccc2)c1.CC(C)(C)c1ccc(-n2c(-c3ccccc3O)nc3c(-c4[c-]c(-c5cc6oc7ccccc7c6cn5)ccc4)cccc32)c(-c2ccccc2)c1.[Pt].[Pt]. The summed E-state index contributed by atoms with van der Waals surface area (Å²) in [6.45, 7) is 20.1. The van der Waals surface area contributed by atoms with Gasteiger partial charge in [0.15, 0.2) is 0 Å². The Morgan fingerprint density at radius 3 is 1.34 bits per heavy atom. The number of rotatable bonds is 10. The molecule has 6 heterocycles. The van der Waals surface area contributed by atoms with Crippen LogP contribution in [0.25, 0.3) is 178 Å². The van der Waals surface area contributed by atoms with Gasteiger partial charge in [-0.2, -0.15) is 0 Å². The van der Waals surface area contributed by atoms with Gasteiger partial charge in [-0.1, -0.05) is 254 Å². The van der Waals surface area contributed by atoms with Gasteiger partial charge in [0.25, 0.3) is 0 Å². The maximum absolute atomic E-state index is 11.4. The first-order valence-electron chi connectivity index (χ1n) is 37.3. The predicted octanol–water partition coefficient (Wildman–Crippen LogP) is 26.0. The van der Waals surface area contributed by atoms with E-state index in [4.69, 9.17) is 28.8 Å². The van der Waals surface area contributed by atoms with Crippen molar-refractivity contribution in [1.82, 2.24) is 29.1 Å². The predicted molar refractivity (Wildman–Crippen MR) is 450 cm³/mol. The zero-order valence-electron chi connectivity index (χ0n) is 63.3. The molecule has 112 heavy (non-hydrogen) atoms. The summed E-state index contributed by atoms with van der Waals surface area (Å²) in [7, 11) is 0. The number of benzene rings is 13. The number of furan rings is 2. The van der Waals surface area contributed by atoms with Crippen molar-refractivity contribution in [2.75, 3.05) is 0 Å². The number of para-hydroxylation sites is 5. The number of imidazole rings is 2. The molecule has 0 bridgehead atoms. The van der Waals surface area contributed by atoms with Gasteiger partial charge in [0.2, 0.25) is 0 Å². The van der Waals surface area contributed by atoms with E-state index < -0.39 is 0 Å². The van der Waals surface area contributed by atoms with Gasteiger partial charge >= 0.3 is 0 Å². The molecule has 0 saturated heterocycles. The van der Waals surface area contributed by atoms with Crippen molar-refractivity contribution in [3.63, 3.8) is 0 Å². The summed E-state index contributed by atoms with van der Waals surface area (Å²) in [6, 6.07) is 104.